The monoisotopic (exact) mass is 204 g/mol. The van der Waals surface area contributed by atoms with Crippen LogP contribution in [0.25, 0.3) is 6.08 Å². The van der Waals surface area contributed by atoms with Crippen molar-refractivity contribution in [3.05, 3.63) is 41.5 Å². The molecule has 0 aromatic heterocycles. The summed E-state index contributed by atoms with van der Waals surface area (Å²) in [5, 5.41) is 0. The van der Waals surface area contributed by atoms with Crippen LogP contribution in [0.4, 0.5) is 0 Å². The largest absolute Gasteiger partial charge is 0.458 e. The second-order valence-electron chi connectivity index (χ2n) is 3.55. The van der Waals surface area contributed by atoms with Gasteiger partial charge in [-0.05, 0) is 25.0 Å². The predicted octanol–water partition coefficient (Wildman–Crippen LogP) is 3.04. The molecule has 2 nitrogen and oxygen atoms in total. The third kappa shape index (κ3) is 3.98. The SMILES string of the molecule is CC(=O)O[C@H](C)/C(C)=C/c1ccccc1. The molecule has 1 aromatic rings. The van der Waals surface area contributed by atoms with Crippen molar-refractivity contribution in [2.75, 3.05) is 0 Å². The molecule has 0 saturated carbocycles. The van der Waals surface area contributed by atoms with E-state index in [1.54, 1.807) is 0 Å². The summed E-state index contributed by atoms with van der Waals surface area (Å²) < 4.78 is 5.08. The molecule has 0 saturated heterocycles. The topological polar surface area (TPSA) is 26.3 Å². The van der Waals surface area contributed by atoms with Gasteiger partial charge in [0.1, 0.15) is 6.10 Å². The van der Waals surface area contributed by atoms with E-state index in [4.69, 9.17) is 4.74 Å². The lowest BCUT2D eigenvalue weighted by Gasteiger charge is -2.12. The first-order valence-corrected chi connectivity index (χ1v) is 5.00. The van der Waals surface area contributed by atoms with E-state index in [-0.39, 0.29) is 12.1 Å². The van der Waals surface area contributed by atoms with Crippen molar-refractivity contribution in [1.29, 1.82) is 0 Å². The molecule has 15 heavy (non-hydrogen) atoms. The van der Waals surface area contributed by atoms with Crippen LogP contribution in [-0.2, 0) is 9.53 Å². The van der Waals surface area contributed by atoms with Gasteiger partial charge in [-0.1, -0.05) is 36.4 Å². The van der Waals surface area contributed by atoms with Crippen LogP contribution in [0.2, 0.25) is 0 Å². The second kappa shape index (κ2) is 5.35. The van der Waals surface area contributed by atoms with Crippen LogP contribution in [-0.4, -0.2) is 12.1 Å². The van der Waals surface area contributed by atoms with E-state index in [1.807, 2.05) is 50.3 Å². The van der Waals surface area contributed by atoms with E-state index < -0.39 is 0 Å². The van der Waals surface area contributed by atoms with Gasteiger partial charge in [0.25, 0.3) is 0 Å². The van der Waals surface area contributed by atoms with Crippen molar-refractivity contribution < 1.29 is 9.53 Å². The Morgan fingerprint density at radius 3 is 2.40 bits per heavy atom. The Morgan fingerprint density at radius 1 is 1.27 bits per heavy atom. The summed E-state index contributed by atoms with van der Waals surface area (Å²) in [5.41, 5.74) is 2.16. The third-order valence-corrected chi connectivity index (χ3v) is 2.18. The molecule has 0 amide bonds. The van der Waals surface area contributed by atoms with Gasteiger partial charge in [-0.2, -0.15) is 0 Å². The second-order valence-corrected chi connectivity index (χ2v) is 3.55. The predicted molar refractivity (Wildman–Crippen MR) is 61.3 cm³/mol. The molecule has 80 valence electrons. The van der Waals surface area contributed by atoms with E-state index in [0.29, 0.717) is 0 Å². The van der Waals surface area contributed by atoms with Crippen LogP contribution < -0.4 is 0 Å². The minimum absolute atomic E-state index is 0.164. The molecule has 0 aliphatic heterocycles. The lowest BCUT2D eigenvalue weighted by Crippen LogP contribution is -2.13. The number of ether oxygens (including phenoxy) is 1. The van der Waals surface area contributed by atoms with Crippen LogP contribution in [0, 0.1) is 0 Å². The molecule has 0 heterocycles. The Hall–Kier alpha value is -1.57. The summed E-state index contributed by atoms with van der Waals surface area (Å²) >= 11 is 0. The highest BCUT2D eigenvalue weighted by Gasteiger charge is 2.06. The molecule has 0 spiro atoms. The standard InChI is InChI=1S/C13H16O2/c1-10(11(2)15-12(3)14)9-13-7-5-4-6-8-13/h4-9,11H,1-3H3/b10-9+/t11-/m1/s1. The lowest BCUT2D eigenvalue weighted by molar-refractivity contribution is -0.143. The minimum Gasteiger partial charge on any atom is -0.458 e. The fraction of sp³-hybridized carbons (Fsp3) is 0.308. The number of hydrogen-bond acceptors (Lipinski definition) is 2. The van der Waals surface area contributed by atoms with Crippen LogP contribution in [0.1, 0.15) is 26.3 Å². The van der Waals surface area contributed by atoms with Gasteiger partial charge in [0.15, 0.2) is 0 Å². The highest BCUT2D eigenvalue weighted by Crippen LogP contribution is 2.11. The van der Waals surface area contributed by atoms with Crippen LogP contribution in [0.15, 0.2) is 35.9 Å². The van der Waals surface area contributed by atoms with E-state index in [1.165, 1.54) is 6.92 Å². The maximum Gasteiger partial charge on any atom is 0.303 e. The molecule has 0 fully saturated rings. The summed E-state index contributed by atoms with van der Waals surface area (Å²) in [6.07, 6.45) is 1.86. The minimum atomic E-state index is -0.247. The molecule has 0 aliphatic carbocycles. The number of carbonyl (C=O) groups is 1. The molecular formula is C13H16O2. The zero-order chi connectivity index (χ0) is 11.3. The van der Waals surface area contributed by atoms with Crippen molar-refractivity contribution >= 4 is 12.0 Å². The molecule has 2 heteroatoms. The van der Waals surface area contributed by atoms with Crippen molar-refractivity contribution in [3.63, 3.8) is 0 Å². The number of hydrogen-bond donors (Lipinski definition) is 0. The van der Waals surface area contributed by atoms with Gasteiger partial charge in [-0.25, -0.2) is 0 Å². The van der Waals surface area contributed by atoms with Crippen molar-refractivity contribution in [1.82, 2.24) is 0 Å². The Morgan fingerprint density at radius 2 is 1.87 bits per heavy atom. The summed E-state index contributed by atoms with van der Waals surface area (Å²) in [7, 11) is 0. The molecule has 0 bridgehead atoms. The van der Waals surface area contributed by atoms with Gasteiger partial charge in [-0.15, -0.1) is 0 Å². The fourth-order valence-electron chi connectivity index (χ4n) is 1.27. The fourth-order valence-corrected chi connectivity index (χ4v) is 1.27. The molecule has 1 atom stereocenters. The molecule has 0 aliphatic rings. The Bertz CT molecular complexity index is 352. The average molecular weight is 204 g/mol. The van der Waals surface area contributed by atoms with Gasteiger partial charge in [-0.3, -0.25) is 4.79 Å². The smallest absolute Gasteiger partial charge is 0.303 e. The van der Waals surface area contributed by atoms with Gasteiger partial charge in [0.2, 0.25) is 0 Å². The van der Waals surface area contributed by atoms with E-state index >= 15 is 0 Å². The Labute approximate surface area is 90.6 Å². The van der Waals surface area contributed by atoms with Crippen LogP contribution in [0.3, 0.4) is 0 Å². The number of rotatable bonds is 3. The first-order chi connectivity index (χ1) is 7.09. The van der Waals surface area contributed by atoms with Crippen molar-refractivity contribution in [2.24, 2.45) is 0 Å². The highest BCUT2D eigenvalue weighted by atomic mass is 16.5. The first kappa shape index (κ1) is 11.5. The number of benzene rings is 1. The summed E-state index contributed by atoms with van der Waals surface area (Å²) in [6.45, 7) is 5.25. The number of carbonyl (C=O) groups excluding carboxylic acids is 1. The van der Waals surface area contributed by atoms with E-state index in [2.05, 4.69) is 0 Å². The quantitative estimate of drug-likeness (QED) is 0.707. The highest BCUT2D eigenvalue weighted by molar-refractivity contribution is 5.67. The average Bonchev–Trinajstić information content (AvgIpc) is 2.18. The number of esters is 1. The summed E-state index contributed by atoms with van der Waals surface area (Å²) in [5.74, 6) is -0.247. The van der Waals surface area contributed by atoms with Gasteiger partial charge < -0.3 is 4.74 Å². The van der Waals surface area contributed by atoms with Gasteiger partial charge >= 0.3 is 5.97 Å². The lowest BCUT2D eigenvalue weighted by atomic mass is 10.1. The Balaban J connectivity index is 2.71. The molecule has 1 rings (SSSR count). The van der Waals surface area contributed by atoms with Crippen molar-refractivity contribution in [2.45, 2.75) is 26.9 Å². The van der Waals surface area contributed by atoms with Crippen LogP contribution in [0.5, 0.6) is 0 Å². The van der Waals surface area contributed by atoms with E-state index in [9.17, 15) is 4.79 Å². The van der Waals surface area contributed by atoms with Gasteiger partial charge in [0.05, 0.1) is 0 Å². The third-order valence-electron chi connectivity index (χ3n) is 2.18. The maximum absolute atomic E-state index is 10.8. The zero-order valence-corrected chi connectivity index (χ0v) is 9.36. The molecule has 0 N–H and O–H groups in total. The molecule has 0 radical (unpaired) electrons. The zero-order valence-electron chi connectivity index (χ0n) is 9.36. The molecule has 0 unspecified atom stereocenters. The van der Waals surface area contributed by atoms with E-state index in [0.717, 1.165) is 11.1 Å². The van der Waals surface area contributed by atoms with Crippen molar-refractivity contribution in [3.8, 4) is 0 Å². The maximum atomic E-state index is 10.8. The molecular weight excluding hydrogens is 188 g/mol. The van der Waals surface area contributed by atoms with Crippen LogP contribution >= 0.6 is 0 Å². The molecule has 1 aromatic carbocycles. The normalized spacial score (nSPS) is 13.4. The summed E-state index contributed by atoms with van der Waals surface area (Å²) in [4.78, 5) is 10.8. The summed E-state index contributed by atoms with van der Waals surface area (Å²) in [6, 6.07) is 9.97. The van der Waals surface area contributed by atoms with Gasteiger partial charge in [0, 0.05) is 6.92 Å². The first-order valence-electron chi connectivity index (χ1n) is 5.00. The Kier molecular flexibility index (Phi) is 4.10.